The fourth-order valence-electron chi connectivity index (χ4n) is 1.95. The zero-order valence-corrected chi connectivity index (χ0v) is 10.7. The Morgan fingerprint density at radius 1 is 1.33 bits per heavy atom. The molecule has 0 N–H and O–H groups in total. The van der Waals surface area contributed by atoms with Crippen molar-refractivity contribution >= 4 is 14.5 Å². The van der Waals surface area contributed by atoms with E-state index in [1.165, 1.54) is 0 Å². The SMILES string of the molecule is CO[Si](OC)(OC)C1CC[N+]1=C(C)CF. The summed E-state index contributed by atoms with van der Waals surface area (Å²) in [5, 5.41) is 0. The third kappa shape index (κ3) is 2.12. The van der Waals surface area contributed by atoms with Gasteiger partial charge in [-0.2, -0.15) is 0 Å². The van der Waals surface area contributed by atoms with E-state index in [0.717, 1.165) is 13.0 Å². The fourth-order valence-corrected chi connectivity index (χ4v) is 4.48. The van der Waals surface area contributed by atoms with E-state index < -0.39 is 15.5 Å². The molecule has 1 rings (SSSR count). The van der Waals surface area contributed by atoms with Crippen LogP contribution in [0.25, 0.3) is 0 Å². The fraction of sp³-hybridized carbons (Fsp3) is 0.889. The average molecular weight is 236 g/mol. The second-order valence-corrected chi connectivity index (χ2v) is 6.68. The molecule has 0 aromatic rings. The molecule has 0 amide bonds. The number of nitrogens with zero attached hydrogens (tertiary/aromatic N) is 1. The van der Waals surface area contributed by atoms with Gasteiger partial charge >= 0.3 is 8.80 Å². The second-order valence-electron chi connectivity index (χ2n) is 3.58. The van der Waals surface area contributed by atoms with Crippen molar-refractivity contribution < 1.29 is 22.2 Å². The number of alkyl halides is 1. The van der Waals surface area contributed by atoms with Crippen LogP contribution in [0.5, 0.6) is 0 Å². The minimum absolute atomic E-state index is 0.0632. The highest BCUT2D eigenvalue weighted by Gasteiger charge is 2.60. The Morgan fingerprint density at radius 2 is 1.87 bits per heavy atom. The van der Waals surface area contributed by atoms with Crippen LogP contribution in [-0.4, -0.2) is 59.3 Å². The van der Waals surface area contributed by atoms with Gasteiger partial charge in [0.15, 0.2) is 12.4 Å². The van der Waals surface area contributed by atoms with E-state index in [4.69, 9.17) is 13.3 Å². The van der Waals surface area contributed by atoms with Gasteiger partial charge < -0.3 is 13.3 Å². The van der Waals surface area contributed by atoms with E-state index in [-0.39, 0.29) is 5.67 Å². The molecule has 0 aliphatic carbocycles. The molecular formula is C9H19FNO3Si+. The first-order chi connectivity index (χ1) is 7.15. The van der Waals surface area contributed by atoms with Crippen molar-refractivity contribution in [2.75, 3.05) is 34.5 Å². The lowest BCUT2D eigenvalue weighted by Gasteiger charge is -2.35. The normalized spacial score (nSPS) is 25.0. The van der Waals surface area contributed by atoms with Crippen LogP contribution in [0.1, 0.15) is 13.3 Å². The Hall–Kier alpha value is -0.303. The van der Waals surface area contributed by atoms with E-state index in [2.05, 4.69) is 0 Å². The van der Waals surface area contributed by atoms with Crippen LogP contribution in [0.4, 0.5) is 4.39 Å². The zero-order chi connectivity index (χ0) is 11.5. The van der Waals surface area contributed by atoms with Crippen LogP contribution in [0.3, 0.4) is 0 Å². The predicted octanol–water partition coefficient (Wildman–Crippen LogP) is 0.619. The van der Waals surface area contributed by atoms with Gasteiger partial charge in [-0.05, 0) is 0 Å². The molecule has 1 fully saturated rings. The number of halogens is 1. The van der Waals surface area contributed by atoms with Crippen LogP contribution >= 0.6 is 0 Å². The first-order valence-electron chi connectivity index (χ1n) is 4.95. The van der Waals surface area contributed by atoms with Crippen LogP contribution < -0.4 is 0 Å². The molecule has 1 saturated heterocycles. The van der Waals surface area contributed by atoms with Crippen molar-refractivity contribution in [3.05, 3.63) is 0 Å². The molecule has 1 atom stereocenters. The van der Waals surface area contributed by atoms with Crippen LogP contribution in [0, 0.1) is 0 Å². The van der Waals surface area contributed by atoms with Gasteiger partial charge in [0.1, 0.15) is 6.54 Å². The van der Waals surface area contributed by atoms with Gasteiger partial charge in [-0.1, -0.05) is 0 Å². The minimum atomic E-state index is -2.64. The maximum atomic E-state index is 12.5. The highest BCUT2D eigenvalue weighted by Crippen LogP contribution is 2.25. The van der Waals surface area contributed by atoms with Gasteiger partial charge in [-0.3, -0.25) is 0 Å². The lowest BCUT2D eigenvalue weighted by molar-refractivity contribution is -0.612. The summed E-state index contributed by atoms with van der Waals surface area (Å²) in [7, 11) is 2.11. The van der Waals surface area contributed by atoms with Crippen molar-refractivity contribution in [3.63, 3.8) is 0 Å². The molecule has 4 nitrogen and oxygen atoms in total. The van der Waals surface area contributed by atoms with Crippen LogP contribution in [0.2, 0.25) is 0 Å². The first kappa shape index (κ1) is 12.8. The molecule has 0 radical (unpaired) electrons. The van der Waals surface area contributed by atoms with E-state index >= 15 is 0 Å². The van der Waals surface area contributed by atoms with Crippen molar-refractivity contribution in [2.24, 2.45) is 0 Å². The summed E-state index contributed by atoms with van der Waals surface area (Å²) in [6.07, 6.45) is 0.930. The lowest BCUT2D eigenvalue weighted by atomic mass is 10.2. The van der Waals surface area contributed by atoms with Crippen molar-refractivity contribution in [3.8, 4) is 0 Å². The summed E-state index contributed by atoms with van der Waals surface area (Å²) >= 11 is 0. The Bertz CT molecular complexity index is 247. The van der Waals surface area contributed by atoms with Crippen molar-refractivity contribution in [1.29, 1.82) is 0 Å². The molecule has 0 saturated carbocycles. The van der Waals surface area contributed by atoms with E-state index in [1.54, 1.807) is 28.3 Å². The van der Waals surface area contributed by atoms with Gasteiger partial charge in [0, 0.05) is 28.3 Å². The Kier molecular flexibility index (Phi) is 4.39. The van der Waals surface area contributed by atoms with Gasteiger partial charge in [-0.15, -0.1) is 0 Å². The number of hydrogen-bond acceptors (Lipinski definition) is 3. The molecule has 0 bridgehead atoms. The molecule has 0 aromatic heterocycles. The average Bonchev–Trinajstić information content (AvgIpc) is 2.24. The summed E-state index contributed by atoms with van der Waals surface area (Å²) in [6, 6.07) is 0. The van der Waals surface area contributed by atoms with Crippen molar-refractivity contribution in [1.82, 2.24) is 0 Å². The number of rotatable bonds is 5. The molecule has 1 aliphatic rings. The first-order valence-corrected chi connectivity index (χ1v) is 6.75. The standard InChI is InChI=1S/C9H19FNO3Si/c1-8(7-10)11-6-5-9(11)15(12-2,13-3)14-4/h9H,5-7H2,1-4H3/q+1. The number of hydrogen-bond donors (Lipinski definition) is 0. The second kappa shape index (κ2) is 5.15. The highest BCUT2D eigenvalue weighted by molar-refractivity contribution is 6.62. The third-order valence-electron chi connectivity index (χ3n) is 2.97. The van der Waals surface area contributed by atoms with Crippen LogP contribution in [0.15, 0.2) is 0 Å². The summed E-state index contributed by atoms with van der Waals surface area (Å²) in [6.45, 7) is 2.20. The molecule has 1 heterocycles. The minimum Gasteiger partial charge on any atom is -0.373 e. The van der Waals surface area contributed by atoms with E-state index in [1.807, 2.05) is 4.58 Å². The monoisotopic (exact) mass is 236 g/mol. The van der Waals surface area contributed by atoms with Gasteiger partial charge in [0.05, 0.1) is 6.42 Å². The van der Waals surface area contributed by atoms with E-state index in [9.17, 15) is 4.39 Å². The van der Waals surface area contributed by atoms with Gasteiger partial charge in [-0.25, -0.2) is 8.97 Å². The summed E-state index contributed by atoms with van der Waals surface area (Å²) in [4.78, 5) is 0. The Balaban J connectivity index is 2.88. The van der Waals surface area contributed by atoms with Gasteiger partial charge in [0.2, 0.25) is 5.67 Å². The molecule has 1 unspecified atom stereocenters. The highest BCUT2D eigenvalue weighted by atomic mass is 28.4. The van der Waals surface area contributed by atoms with E-state index in [0.29, 0.717) is 5.71 Å². The maximum absolute atomic E-state index is 12.5. The zero-order valence-electron chi connectivity index (χ0n) is 9.75. The Labute approximate surface area is 91.0 Å². The van der Waals surface area contributed by atoms with Crippen molar-refractivity contribution in [2.45, 2.75) is 19.0 Å². The lowest BCUT2D eigenvalue weighted by Crippen LogP contribution is -2.65. The predicted molar refractivity (Wildman–Crippen MR) is 57.0 cm³/mol. The smallest absolute Gasteiger partial charge is 0.373 e. The molecule has 88 valence electrons. The molecule has 0 aromatic carbocycles. The molecule has 6 heteroatoms. The molecular weight excluding hydrogens is 217 g/mol. The largest absolute Gasteiger partial charge is 0.572 e. The summed E-state index contributed by atoms with van der Waals surface area (Å²) in [5.74, 6) is 0. The molecule has 1 aliphatic heterocycles. The third-order valence-corrected chi connectivity index (χ3v) is 6.09. The summed E-state index contributed by atoms with van der Waals surface area (Å²) < 4.78 is 30.7. The quantitative estimate of drug-likeness (QED) is 0.518. The van der Waals surface area contributed by atoms with Crippen LogP contribution in [-0.2, 0) is 13.3 Å². The maximum Gasteiger partial charge on any atom is 0.572 e. The summed E-state index contributed by atoms with van der Waals surface area (Å²) in [5.41, 5.74) is 0.780. The van der Waals surface area contributed by atoms with Gasteiger partial charge in [0.25, 0.3) is 0 Å². The molecule has 0 spiro atoms. The topological polar surface area (TPSA) is 30.7 Å². The molecule has 15 heavy (non-hydrogen) atoms. The Morgan fingerprint density at radius 3 is 2.13 bits per heavy atom.